The molecule has 24 heavy (non-hydrogen) atoms. The topological polar surface area (TPSA) is 73.8 Å². The first-order valence-electron chi connectivity index (χ1n) is 7.56. The van der Waals surface area contributed by atoms with Gasteiger partial charge in [-0.2, -0.15) is 0 Å². The fraction of sp³-hybridized carbons (Fsp3) is 0.375. The lowest BCUT2D eigenvalue weighted by Crippen LogP contribution is -2.08. The first-order chi connectivity index (χ1) is 11.4. The fourth-order valence-electron chi connectivity index (χ4n) is 2.37. The van der Waals surface area contributed by atoms with Gasteiger partial charge in [-0.3, -0.25) is 0 Å². The summed E-state index contributed by atoms with van der Waals surface area (Å²) >= 11 is 7.70. The highest BCUT2D eigenvalue weighted by Crippen LogP contribution is 2.29. The fourth-order valence-corrected chi connectivity index (χ4v) is 3.41. The van der Waals surface area contributed by atoms with Gasteiger partial charge in [0.25, 0.3) is 0 Å². The number of thioether (sulfide) groups is 1. The van der Waals surface area contributed by atoms with Crippen LogP contribution in [0.2, 0.25) is 5.02 Å². The number of benzene rings is 1. The van der Waals surface area contributed by atoms with E-state index in [1.165, 1.54) is 17.8 Å². The predicted molar refractivity (Wildman–Crippen MR) is 94.4 cm³/mol. The molecule has 0 fully saturated rings. The molecule has 0 atom stereocenters. The van der Waals surface area contributed by atoms with Gasteiger partial charge in [-0.25, -0.2) is 9.48 Å². The van der Waals surface area contributed by atoms with E-state index in [4.69, 9.17) is 16.0 Å². The molecule has 0 saturated carbocycles. The SMILES string of the molecule is Cc1cc2oc(=O)cc(CSc3nnnn3CC(C)C)c2cc1Cl. The average Bonchev–Trinajstić information content (AvgIpc) is 2.93. The van der Waals surface area contributed by atoms with E-state index < -0.39 is 0 Å². The Bertz CT molecular complexity index is 935. The van der Waals surface area contributed by atoms with E-state index in [0.29, 0.717) is 22.3 Å². The minimum absolute atomic E-state index is 0.374. The van der Waals surface area contributed by atoms with Gasteiger partial charge in [-0.1, -0.05) is 37.2 Å². The zero-order valence-corrected chi connectivity index (χ0v) is 15.2. The smallest absolute Gasteiger partial charge is 0.336 e. The van der Waals surface area contributed by atoms with Crippen molar-refractivity contribution in [2.45, 2.75) is 38.2 Å². The molecule has 0 amide bonds. The van der Waals surface area contributed by atoms with Crippen LogP contribution < -0.4 is 5.63 Å². The summed E-state index contributed by atoms with van der Waals surface area (Å²) in [4.78, 5) is 11.8. The third-order valence-corrected chi connectivity index (χ3v) is 4.92. The molecule has 3 aromatic rings. The van der Waals surface area contributed by atoms with E-state index in [0.717, 1.165) is 28.2 Å². The van der Waals surface area contributed by atoms with Gasteiger partial charge in [-0.05, 0) is 46.5 Å². The van der Waals surface area contributed by atoms with Gasteiger partial charge < -0.3 is 4.42 Å². The van der Waals surface area contributed by atoms with Gasteiger partial charge in [0, 0.05) is 28.8 Å². The van der Waals surface area contributed by atoms with E-state index in [1.807, 2.05) is 13.0 Å². The van der Waals surface area contributed by atoms with Gasteiger partial charge in [0.05, 0.1) is 0 Å². The second kappa shape index (κ2) is 6.94. The van der Waals surface area contributed by atoms with Crippen LogP contribution in [0.25, 0.3) is 11.0 Å². The zero-order chi connectivity index (χ0) is 17.3. The molecular formula is C16H17ClN4O2S. The Morgan fingerprint density at radius 3 is 2.88 bits per heavy atom. The summed E-state index contributed by atoms with van der Waals surface area (Å²) in [7, 11) is 0. The first kappa shape index (κ1) is 17.0. The number of aryl methyl sites for hydroxylation is 1. The number of tetrazole rings is 1. The molecule has 8 heteroatoms. The highest BCUT2D eigenvalue weighted by Gasteiger charge is 2.12. The van der Waals surface area contributed by atoms with Gasteiger partial charge >= 0.3 is 5.63 Å². The van der Waals surface area contributed by atoms with E-state index in [9.17, 15) is 4.79 Å². The van der Waals surface area contributed by atoms with E-state index in [1.54, 1.807) is 10.7 Å². The molecule has 0 spiro atoms. The minimum Gasteiger partial charge on any atom is -0.423 e. The lowest BCUT2D eigenvalue weighted by Gasteiger charge is -2.08. The molecule has 0 aliphatic heterocycles. The molecule has 0 unspecified atom stereocenters. The van der Waals surface area contributed by atoms with Crippen molar-refractivity contribution in [3.05, 3.63) is 44.8 Å². The van der Waals surface area contributed by atoms with Crippen molar-refractivity contribution in [2.24, 2.45) is 5.92 Å². The number of fused-ring (bicyclic) bond motifs is 1. The van der Waals surface area contributed by atoms with Crippen LogP contribution in [0.3, 0.4) is 0 Å². The van der Waals surface area contributed by atoms with Crippen LogP contribution in [-0.2, 0) is 12.3 Å². The monoisotopic (exact) mass is 364 g/mol. The number of rotatable bonds is 5. The zero-order valence-electron chi connectivity index (χ0n) is 13.6. The highest BCUT2D eigenvalue weighted by molar-refractivity contribution is 7.98. The molecule has 0 aliphatic carbocycles. The van der Waals surface area contributed by atoms with Crippen molar-refractivity contribution in [1.82, 2.24) is 20.2 Å². The summed E-state index contributed by atoms with van der Waals surface area (Å²) in [5, 5.41) is 14.0. The van der Waals surface area contributed by atoms with Crippen LogP contribution in [0, 0.1) is 12.8 Å². The molecule has 6 nitrogen and oxygen atoms in total. The molecule has 0 saturated heterocycles. The molecule has 0 bridgehead atoms. The lowest BCUT2D eigenvalue weighted by molar-refractivity contribution is 0.446. The van der Waals surface area contributed by atoms with Crippen LogP contribution in [0.15, 0.2) is 32.6 Å². The minimum atomic E-state index is -0.374. The Kier molecular flexibility index (Phi) is 4.91. The summed E-state index contributed by atoms with van der Waals surface area (Å²) in [6.45, 7) is 6.84. The van der Waals surface area contributed by atoms with Crippen molar-refractivity contribution in [3.63, 3.8) is 0 Å². The number of aromatic nitrogens is 4. The third-order valence-electron chi connectivity index (χ3n) is 3.50. The Morgan fingerprint density at radius 2 is 2.12 bits per heavy atom. The van der Waals surface area contributed by atoms with Crippen LogP contribution in [0.4, 0.5) is 0 Å². The molecular weight excluding hydrogens is 348 g/mol. The molecule has 0 N–H and O–H groups in total. The Balaban J connectivity index is 1.92. The van der Waals surface area contributed by atoms with Gasteiger partial charge in [0.1, 0.15) is 5.58 Å². The number of hydrogen-bond acceptors (Lipinski definition) is 6. The largest absolute Gasteiger partial charge is 0.423 e. The number of nitrogens with zero attached hydrogens (tertiary/aromatic N) is 4. The second-order valence-corrected chi connectivity index (χ2v) is 7.36. The van der Waals surface area contributed by atoms with E-state index in [2.05, 4.69) is 29.4 Å². The molecule has 126 valence electrons. The maximum Gasteiger partial charge on any atom is 0.336 e. The summed E-state index contributed by atoms with van der Waals surface area (Å²) in [6.07, 6.45) is 0. The molecule has 3 rings (SSSR count). The molecule has 2 heterocycles. The van der Waals surface area contributed by atoms with E-state index in [-0.39, 0.29) is 5.63 Å². The summed E-state index contributed by atoms with van der Waals surface area (Å²) in [5.41, 5.74) is 1.90. The van der Waals surface area contributed by atoms with Crippen molar-refractivity contribution in [2.75, 3.05) is 0 Å². The van der Waals surface area contributed by atoms with Crippen molar-refractivity contribution < 1.29 is 4.42 Å². The van der Waals surface area contributed by atoms with Crippen molar-refractivity contribution in [1.29, 1.82) is 0 Å². The van der Waals surface area contributed by atoms with Crippen molar-refractivity contribution >= 4 is 34.3 Å². The molecule has 0 radical (unpaired) electrons. The second-order valence-electron chi connectivity index (χ2n) is 6.01. The standard InChI is InChI=1S/C16H17ClN4O2S/c1-9(2)7-21-16(18-19-20-21)24-8-11-5-15(22)23-14-4-10(3)13(17)6-12(11)14/h4-6,9H,7-8H2,1-3H3. The quantitative estimate of drug-likeness (QED) is 0.507. The van der Waals surface area contributed by atoms with Gasteiger partial charge in [0.2, 0.25) is 5.16 Å². The molecule has 0 aliphatic rings. The first-order valence-corrected chi connectivity index (χ1v) is 8.92. The highest BCUT2D eigenvalue weighted by atomic mass is 35.5. The van der Waals surface area contributed by atoms with Crippen LogP contribution in [-0.4, -0.2) is 20.2 Å². The summed E-state index contributed by atoms with van der Waals surface area (Å²) in [5.74, 6) is 0.999. The maximum atomic E-state index is 11.8. The predicted octanol–water partition coefficient (Wildman–Crippen LogP) is 3.69. The van der Waals surface area contributed by atoms with Crippen molar-refractivity contribution in [3.8, 4) is 0 Å². The van der Waals surface area contributed by atoms with Gasteiger partial charge in [-0.15, -0.1) is 5.10 Å². The Labute approximate surface area is 148 Å². The Hall–Kier alpha value is -1.86. The summed E-state index contributed by atoms with van der Waals surface area (Å²) < 4.78 is 7.06. The third kappa shape index (κ3) is 3.62. The van der Waals surface area contributed by atoms with E-state index >= 15 is 0 Å². The Morgan fingerprint density at radius 1 is 1.33 bits per heavy atom. The number of halogens is 1. The van der Waals surface area contributed by atoms with Crippen LogP contribution >= 0.6 is 23.4 Å². The summed E-state index contributed by atoms with van der Waals surface area (Å²) in [6, 6.07) is 5.12. The van der Waals surface area contributed by atoms with Crippen LogP contribution in [0.1, 0.15) is 25.0 Å². The molecule has 1 aromatic carbocycles. The van der Waals surface area contributed by atoms with Crippen LogP contribution in [0.5, 0.6) is 0 Å². The average molecular weight is 365 g/mol. The lowest BCUT2D eigenvalue weighted by atomic mass is 10.1. The number of hydrogen-bond donors (Lipinski definition) is 0. The maximum absolute atomic E-state index is 11.8. The van der Waals surface area contributed by atoms with Gasteiger partial charge in [0.15, 0.2) is 0 Å². The molecule has 2 aromatic heterocycles. The normalized spacial score (nSPS) is 11.5.